The predicted octanol–water partition coefficient (Wildman–Crippen LogP) is 4.74. The normalized spacial score (nSPS) is 31.5. The highest BCUT2D eigenvalue weighted by atomic mass is 32.1. The molecule has 6 heteroatoms. The quantitative estimate of drug-likeness (QED) is 0.691. The van der Waals surface area contributed by atoms with Crippen LogP contribution in [0, 0.1) is 17.8 Å². The van der Waals surface area contributed by atoms with Crippen molar-refractivity contribution in [3.8, 4) is 0 Å². The Morgan fingerprint density at radius 3 is 2.63 bits per heavy atom. The lowest BCUT2D eigenvalue weighted by Crippen LogP contribution is -2.48. The van der Waals surface area contributed by atoms with Crippen molar-refractivity contribution in [1.82, 2.24) is 15.2 Å². The summed E-state index contributed by atoms with van der Waals surface area (Å²) >= 11 is 1.56. The summed E-state index contributed by atoms with van der Waals surface area (Å²) < 4.78 is 0. The van der Waals surface area contributed by atoms with Crippen molar-refractivity contribution in [2.45, 2.75) is 43.9 Å². The van der Waals surface area contributed by atoms with Gasteiger partial charge in [-0.2, -0.15) is 5.10 Å². The van der Waals surface area contributed by atoms with Crippen LogP contribution < -0.4 is 5.32 Å². The van der Waals surface area contributed by atoms with E-state index in [1.165, 1.54) is 44.2 Å². The number of para-hydroxylation sites is 1. The molecule has 0 spiro atoms. The van der Waals surface area contributed by atoms with Gasteiger partial charge in [0.05, 0.1) is 23.0 Å². The molecule has 4 aliphatic rings. The van der Waals surface area contributed by atoms with Gasteiger partial charge in [-0.05, 0) is 62.3 Å². The number of fused-ring (bicyclic) bond motifs is 1. The maximum atomic E-state index is 12.8. The average molecular weight is 379 g/mol. The summed E-state index contributed by atoms with van der Waals surface area (Å²) in [6, 6.07) is 5.66. The zero-order valence-electron chi connectivity index (χ0n) is 15.1. The van der Waals surface area contributed by atoms with Crippen LogP contribution in [0.1, 0.15) is 54.6 Å². The Morgan fingerprint density at radius 2 is 1.89 bits per heavy atom. The van der Waals surface area contributed by atoms with Gasteiger partial charge in [-0.3, -0.25) is 15.2 Å². The molecule has 2 heterocycles. The highest BCUT2D eigenvalue weighted by molar-refractivity contribution is 7.14. The lowest BCUT2D eigenvalue weighted by atomic mass is 9.49. The molecule has 0 aliphatic heterocycles. The SMILES string of the molecule is O=C(Nc1nc(C23CC4CC(CC(C4)C2)C3)cs1)c1cccc2cn[nH]c12. The maximum Gasteiger partial charge on any atom is 0.259 e. The van der Waals surface area contributed by atoms with Crippen LogP contribution in [0.3, 0.4) is 0 Å². The molecular weight excluding hydrogens is 356 g/mol. The number of amides is 1. The molecule has 7 rings (SSSR count). The molecule has 4 bridgehead atoms. The molecule has 0 radical (unpaired) electrons. The van der Waals surface area contributed by atoms with Gasteiger partial charge in [0.2, 0.25) is 0 Å². The second kappa shape index (κ2) is 5.64. The third kappa shape index (κ3) is 2.46. The van der Waals surface area contributed by atoms with Crippen LogP contribution in [0.15, 0.2) is 29.8 Å². The first kappa shape index (κ1) is 15.8. The smallest absolute Gasteiger partial charge is 0.259 e. The Morgan fingerprint density at radius 1 is 1.15 bits per heavy atom. The van der Waals surface area contributed by atoms with E-state index in [4.69, 9.17) is 4.98 Å². The minimum Gasteiger partial charge on any atom is -0.298 e. The predicted molar refractivity (Wildman–Crippen MR) is 106 cm³/mol. The van der Waals surface area contributed by atoms with Gasteiger partial charge in [0.15, 0.2) is 5.13 Å². The Labute approximate surface area is 161 Å². The second-order valence-corrected chi connectivity index (χ2v) is 9.69. The van der Waals surface area contributed by atoms with Gasteiger partial charge in [-0.25, -0.2) is 4.98 Å². The zero-order valence-corrected chi connectivity index (χ0v) is 15.9. The monoisotopic (exact) mass is 378 g/mol. The van der Waals surface area contributed by atoms with Gasteiger partial charge in [0.1, 0.15) is 0 Å². The van der Waals surface area contributed by atoms with Crippen molar-refractivity contribution in [3.05, 3.63) is 41.0 Å². The zero-order chi connectivity index (χ0) is 18.0. The van der Waals surface area contributed by atoms with E-state index in [9.17, 15) is 4.79 Å². The Bertz CT molecular complexity index is 1000. The van der Waals surface area contributed by atoms with Crippen LogP contribution in [0.5, 0.6) is 0 Å². The number of nitrogens with zero attached hydrogens (tertiary/aromatic N) is 2. The van der Waals surface area contributed by atoms with E-state index in [0.29, 0.717) is 10.7 Å². The van der Waals surface area contributed by atoms with Crippen molar-refractivity contribution in [3.63, 3.8) is 0 Å². The number of aromatic nitrogens is 3. The van der Waals surface area contributed by atoms with Crippen molar-refractivity contribution in [1.29, 1.82) is 0 Å². The maximum absolute atomic E-state index is 12.8. The van der Waals surface area contributed by atoms with Gasteiger partial charge in [-0.1, -0.05) is 12.1 Å². The first-order valence-corrected chi connectivity index (χ1v) is 10.8. The molecule has 2 N–H and O–H groups in total. The van der Waals surface area contributed by atoms with E-state index in [1.54, 1.807) is 17.5 Å². The number of H-pyrrole nitrogens is 1. The summed E-state index contributed by atoms with van der Waals surface area (Å²) in [5.74, 6) is 2.56. The summed E-state index contributed by atoms with van der Waals surface area (Å²) in [6.07, 6.45) is 9.92. The topological polar surface area (TPSA) is 70.7 Å². The molecule has 3 aromatic rings. The minimum atomic E-state index is -0.128. The molecule has 1 aromatic carbocycles. The molecule has 4 aliphatic carbocycles. The number of carbonyl (C=O) groups excluding carboxylic acids is 1. The summed E-state index contributed by atoms with van der Waals surface area (Å²) in [5, 5.41) is 13.8. The number of anilines is 1. The molecule has 0 atom stereocenters. The number of aromatic amines is 1. The van der Waals surface area contributed by atoms with Crippen LogP contribution in [0.25, 0.3) is 10.9 Å². The van der Waals surface area contributed by atoms with Crippen molar-refractivity contribution >= 4 is 33.3 Å². The number of hydrogen-bond acceptors (Lipinski definition) is 4. The Kier molecular flexibility index (Phi) is 3.30. The van der Waals surface area contributed by atoms with Gasteiger partial charge in [0.25, 0.3) is 5.91 Å². The highest BCUT2D eigenvalue weighted by Crippen LogP contribution is 2.60. The number of rotatable bonds is 3. The minimum absolute atomic E-state index is 0.128. The number of nitrogens with one attached hydrogen (secondary N) is 2. The standard InChI is InChI=1S/C21H22N4OS/c26-19(16-3-1-2-15-10-22-25-18(15)16)24-20-23-17(11-27-20)21-7-12-4-13(8-21)6-14(5-12)9-21/h1-3,10-14H,4-9H2,(H,22,25)(H,23,24,26). The molecular formula is C21H22N4OS. The number of benzene rings is 1. The van der Waals surface area contributed by atoms with Crippen molar-refractivity contribution in [2.24, 2.45) is 17.8 Å². The lowest BCUT2D eigenvalue weighted by molar-refractivity contribution is -0.00688. The van der Waals surface area contributed by atoms with E-state index in [2.05, 4.69) is 20.9 Å². The summed E-state index contributed by atoms with van der Waals surface area (Å²) in [5.41, 5.74) is 2.88. The van der Waals surface area contributed by atoms with Gasteiger partial charge >= 0.3 is 0 Å². The van der Waals surface area contributed by atoms with Crippen molar-refractivity contribution in [2.75, 3.05) is 5.32 Å². The fraction of sp³-hybridized carbons (Fsp3) is 0.476. The molecule has 0 saturated heterocycles. The molecule has 1 amide bonds. The van der Waals surface area contributed by atoms with Crippen LogP contribution in [0.4, 0.5) is 5.13 Å². The fourth-order valence-corrected chi connectivity index (χ4v) is 7.15. The number of thiazole rings is 1. The molecule has 0 unspecified atom stereocenters. The Hall–Kier alpha value is -2.21. The van der Waals surface area contributed by atoms with E-state index < -0.39 is 0 Å². The third-order valence-electron chi connectivity index (χ3n) is 7.03. The van der Waals surface area contributed by atoms with E-state index in [1.807, 2.05) is 18.2 Å². The summed E-state index contributed by atoms with van der Waals surface area (Å²) in [6.45, 7) is 0. The van der Waals surface area contributed by atoms with Gasteiger partial charge in [-0.15, -0.1) is 11.3 Å². The number of carbonyl (C=O) groups is 1. The first-order valence-electron chi connectivity index (χ1n) is 9.88. The highest BCUT2D eigenvalue weighted by Gasteiger charge is 2.52. The molecule has 2 aromatic heterocycles. The molecule has 5 nitrogen and oxygen atoms in total. The first-order chi connectivity index (χ1) is 13.2. The molecule has 4 saturated carbocycles. The van der Waals surface area contributed by atoms with E-state index in [-0.39, 0.29) is 11.3 Å². The summed E-state index contributed by atoms with van der Waals surface area (Å²) in [7, 11) is 0. The largest absolute Gasteiger partial charge is 0.298 e. The Balaban J connectivity index is 1.27. The van der Waals surface area contributed by atoms with Crippen LogP contribution in [-0.4, -0.2) is 21.1 Å². The number of hydrogen-bond donors (Lipinski definition) is 2. The second-order valence-electron chi connectivity index (χ2n) is 8.83. The van der Waals surface area contributed by atoms with Gasteiger partial charge in [0, 0.05) is 16.2 Å². The van der Waals surface area contributed by atoms with Gasteiger partial charge < -0.3 is 0 Å². The lowest BCUT2D eigenvalue weighted by Gasteiger charge is -2.56. The van der Waals surface area contributed by atoms with Crippen LogP contribution in [0.2, 0.25) is 0 Å². The fourth-order valence-electron chi connectivity index (χ4n) is 6.32. The van der Waals surface area contributed by atoms with E-state index in [0.717, 1.165) is 28.7 Å². The summed E-state index contributed by atoms with van der Waals surface area (Å²) in [4.78, 5) is 17.7. The van der Waals surface area contributed by atoms with E-state index >= 15 is 0 Å². The average Bonchev–Trinajstić information content (AvgIpc) is 3.29. The molecule has 27 heavy (non-hydrogen) atoms. The third-order valence-corrected chi connectivity index (χ3v) is 7.79. The van der Waals surface area contributed by atoms with Crippen LogP contribution in [-0.2, 0) is 5.41 Å². The molecule has 4 fully saturated rings. The van der Waals surface area contributed by atoms with Crippen LogP contribution >= 0.6 is 11.3 Å². The molecule has 138 valence electrons. The van der Waals surface area contributed by atoms with Crippen molar-refractivity contribution < 1.29 is 4.79 Å².